The first-order valence-corrected chi connectivity index (χ1v) is 3.83. The Morgan fingerprint density at radius 2 is 1.75 bits per heavy atom. The molecule has 0 saturated carbocycles. The highest BCUT2D eigenvalue weighted by atomic mass is 19.2. The Morgan fingerprint density at radius 1 is 1.12 bits per heavy atom. The summed E-state index contributed by atoms with van der Waals surface area (Å²) in [5, 5.41) is 9.20. The molecule has 1 aromatic heterocycles. The predicted molar refractivity (Wildman–Crippen MR) is 42.7 cm³/mol. The average Bonchev–Trinajstić information content (AvgIpc) is 2.48. The van der Waals surface area contributed by atoms with E-state index < -0.39 is 45.0 Å². The summed E-state index contributed by atoms with van der Waals surface area (Å²) in [6.07, 6.45) is 0. The Hall–Kier alpha value is -2.12. The molecule has 0 aliphatic carbocycles. The molecule has 0 spiro atoms. The molecule has 16 heavy (non-hydrogen) atoms. The monoisotopic (exact) mass is 235 g/mol. The van der Waals surface area contributed by atoms with Crippen molar-refractivity contribution < 1.29 is 26.9 Å². The van der Waals surface area contributed by atoms with E-state index in [0.717, 1.165) is 0 Å². The number of hydrogen-bond donors (Lipinski definition) is 0. The fraction of sp³-hybridized carbons (Fsp3) is 0. The van der Waals surface area contributed by atoms with E-state index in [9.17, 15) is 27.7 Å². The fourth-order valence-electron chi connectivity index (χ4n) is 1.25. The standard InChI is InChI=1S/C8HF4NO3/c9-5-2(13(14)15)1-3-4(6(5)10)7(11)8(12)16-3/h1H. The number of benzene rings is 1. The molecule has 0 aliphatic heterocycles. The van der Waals surface area contributed by atoms with Crippen LogP contribution >= 0.6 is 0 Å². The minimum absolute atomic E-state index is 0.417. The molecule has 0 fully saturated rings. The van der Waals surface area contributed by atoms with Crippen molar-refractivity contribution in [3.63, 3.8) is 0 Å². The first-order chi connectivity index (χ1) is 7.43. The zero-order chi connectivity index (χ0) is 12.0. The number of rotatable bonds is 1. The summed E-state index contributed by atoms with van der Waals surface area (Å²) in [6, 6.07) is -1.34. The van der Waals surface area contributed by atoms with Crippen LogP contribution in [-0.2, 0) is 0 Å². The normalized spacial score (nSPS) is 11.0. The summed E-state index contributed by atoms with van der Waals surface area (Å²) in [4.78, 5) is 9.05. The Morgan fingerprint density at radius 3 is 2.31 bits per heavy atom. The maximum atomic E-state index is 13.1. The van der Waals surface area contributed by atoms with Gasteiger partial charge in [-0.05, 0) is 0 Å². The van der Waals surface area contributed by atoms with Crippen LogP contribution in [0.2, 0.25) is 0 Å². The molecule has 0 saturated heterocycles. The third-order valence-electron chi connectivity index (χ3n) is 1.94. The van der Waals surface area contributed by atoms with Crippen molar-refractivity contribution in [2.75, 3.05) is 0 Å². The minimum atomic E-state index is -1.86. The molecule has 2 rings (SSSR count). The summed E-state index contributed by atoms with van der Waals surface area (Å²) in [5.74, 6) is -5.44. The average molecular weight is 235 g/mol. The minimum Gasteiger partial charge on any atom is -0.428 e. The van der Waals surface area contributed by atoms with E-state index in [2.05, 4.69) is 4.42 Å². The third kappa shape index (κ3) is 1.23. The van der Waals surface area contributed by atoms with E-state index in [1.54, 1.807) is 0 Å². The van der Waals surface area contributed by atoms with Crippen LogP contribution in [0, 0.1) is 33.6 Å². The quantitative estimate of drug-likeness (QED) is 0.433. The molecule has 0 amide bonds. The van der Waals surface area contributed by atoms with Crippen LogP contribution in [0.5, 0.6) is 0 Å². The second-order valence-corrected chi connectivity index (χ2v) is 2.84. The molecule has 0 aliphatic rings. The lowest BCUT2D eigenvalue weighted by molar-refractivity contribution is -0.387. The second-order valence-electron chi connectivity index (χ2n) is 2.84. The number of nitro benzene ring substituents is 1. The largest absolute Gasteiger partial charge is 0.428 e. The van der Waals surface area contributed by atoms with E-state index in [0.29, 0.717) is 6.07 Å². The maximum absolute atomic E-state index is 13.1. The van der Waals surface area contributed by atoms with Crippen molar-refractivity contribution in [2.24, 2.45) is 0 Å². The lowest BCUT2D eigenvalue weighted by Crippen LogP contribution is -1.96. The number of nitrogens with zero attached hydrogens (tertiary/aromatic N) is 1. The van der Waals surface area contributed by atoms with Gasteiger partial charge in [0.25, 0.3) is 0 Å². The summed E-state index contributed by atoms with van der Waals surface area (Å²) in [6.45, 7) is 0. The summed E-state index contributed by atoms with van der Waals surface area (Å²) in [5.41, 5.74) is -2.01. The number of nitro groups is 1. The molecule has 4 nitrogen and oxygen atoms in total. The number of hydrogen-bond acceptors (Lipinski definition) is 3. The molecule has 0 atom stereocenters. The van der Waals surface area contributed by atoms with Crippen LogP contribution in [-0.4, -0.2) is 4.92 Å². The van der Waals surface area contributed by atoms with Crippen molar-refractivity contribution in [1.29, 1.82) is 0 Å². The lowest BCUT2D eigenvalue weighted by atomic mass is 10.2. The van der Waals surface area contributed by atoms with Gasteiger partial charge < -0.3 is 4.42 Å². The number of fused-ring (bicyclic) bond motifs is 1. The van der Waals surface area contributed by atoms with Gasteiger partial charge in [0.05, 0.1) is 16.4 Å². The summed E-state index contributed by atoms with van der Waals surface area (Å²) >= 11 is 0. The first kappa shape index (κ1) is 10.4. The van der Waals surface area contributed by atoms with Crippen molar-refractivity contribution in [1.82, 2.24) is 0 Å². The highest BCUT2D eigenvalue weighted by molar-refractivity contribution is 5.81. The predicted octanol–water partition coefficient (Wildman–Crippen LogP) is 2.90. The highest BCUT2D eigenvalue weighted by Crippen LogP contribution is 2.32. The molecule has 2 aromatic rings. The van der Waals surface area contributed by atoms with Crippen LogP contribution in [0.3, 0.4) is 0 Å². The Labute approximate surface area is 84.2 Å². The van der Waals surface area contributed by atoms with Crippen LogP contribution in [0.4, 0.5) is 23.2 Å². The van der Waals surface area contributed by atoms with E-state index in [1.807, 2.05) is 0 Å². The van der Waals surface area contributed by atoms with Crippen LogP contribution in [0.25, 0.3) is 11.0 Å². The number of halogens is 4. The van der Waals surface area contributed by atoms with Crippen LogP contribution < -0.4 is 0 Å². The summed E-state index contributed by atoms with van der Waals surface area (Å²) in [7, 11) is 0. The third-order valence-corrected chi connectivity index (χ3v) is 1.94. The number of furan rings is 1. The van der Waals surface area contributed by atoms with Gasteiger partial charge in [0, 0.05) is 0 Å². The van der Waals surface area contributed by atoms with E-state index in [-0.39, 0.29) is 0 Å². The first-order valence-electron chi connectivity index (χ1n) is 3.83. The molecule has 1 heterocycles. The molecular weight excluding hydrogens is 234 g/mol. The lowest BCUT2D eigenvalue weighted by Gasteiger charge is -1.96. The molecule has 1 aromatic carbocycles. The van der Waals surface area contributed by atoms with Crippen molar-refractivity contribution >= 4 is 16.7 Å². The highest BCUT2D eigenvalue weighted by Gasteiger charge is 2.28. The van der Waals surface area contributed by atoms with Gasteiger partial charge in [-0.3, -0.25) is 10.1 Å². The van der Waals surface area contributed by atoms with Gasteiger partial charge in [-0.25, -0.2) is 4.39 Å². The fourth-order valence-corrected chi connectivity index (χ4v) is 1.25. The maximum Gasteiger partial charge on any atom is 0.315 e. The van der Waals surface area contributed by atoms with E-state index in [1.165, 1.54) is 0 Å². The molecule has 0 bridgehead atoms. The van der Waals surface area contributed by atoms with Crippen molar-refractivity contribution in [3.05, 3.63) is 39.6 Å². The van der Waals surface area contributed by atoms with Gasteiger partial charge in [0.2, 0.25) is 11.6 Å². The molecule has 0 unspecified atom stereocenters. The van der Waals surface area contributed by atoms with Gasteiger partial charge in [-0.15, -0.1) is 0 Å². The van der Waals surface area contributed by atoms with Gasteiger partial charge in [-0.1, -0.05) is 0 Å². The Kier molecular flexibility index (Phi) is 2.07. The van der Waals surface area contributed by atoms with Gasteiger partial charge in [0.1, 0.15) is 0 Å². The van der Waals surface area contributed by atoms with E-state index in [4.69, 9.17) is 0 Å². The Balaban J connectivity index is 2.93. The smallest absolute Gasteiger partial charge is 0.315 e. The zero-order valence-electron chi connectivity index (χ0n) is 7.26. The molecule has 0 radical (unpaired) electrons. The molecule has 8 heteroatoms. The van der Waals surface area contributed by atoms with Crippen LogP contribution in [0.15, 0.2) is 10.5 Å². The summed E-state index contributed by atoms with van der Waals surface area (Å²) < 4.78 is 55.7. The van der Waals surface area contributed by atoms with Gasteiger partial charge >= 0.3 is 11.7 Å². The zero-order valence-corrected chi connectivity index (χ0v) is 7.26. The molecule has 0 N–H and O–H groups in total. The topological polar surface area (TPSA) is 56.3 Å². The van der Waals surface area contributed by atoms with E-state index >= 15 is 0 Å². The van der Waals surface area contributed by atoms with Gasteiger partial charge in [-0.2, -0.15) is 13.2 Å². The molecule has 84 valence electrons. The SMILES string of the molecule is O=[N+]([O-])c1cc2oc(F)c(F)c2c(F)c1F. The van der Waals surface area contributed by atoms with Crippen molar-refractivity contribution in [2.45, 2.75) is 0 Å². The Bertz CT molecular complexity index is 607. The molecular formula is C8HF4NO3. The van der Waals surface area contributed by atoms with Crippen molar-refractivity contribution in [3.8, 4) is 0 Å². The van der Waals surface area contributed by atoms with Gasteiger partial charge in [0.15, 0.2) is 11.4 Å². The second kappa shape index (κ2) is 3.19. The van der Waals surface area contributed by atoms with Crippen LogP contribution in [0.1, 0.15) is 0 Å².